The van der Waals surface area contributed by atoms with Crippen molar-refractivity contribution in [3.05, 3.63) is 39.0 Å². The van der Waals surface area contributed by atoms with Crippen molar-refractivity contribution in [3.8, 4) is 34.8 Å². The predicted molar refractivity (Wildman–Crippen MR) is 125 cm³/mol. The average Bonchev–Trinajstić information content (AvgIpc) is 3.29. The molecule has 1 unspecified atom stereocenters. The summed E-state index contributed by atoms with van der Waals surface area (Å²) in [7, 11) is 4.71. The summed E-state index contributed by atoms with van der Waals surface area (Å²) in [6.07, 6.45) is 0.442. The van der Waals surface area contributed by atoms with Crippen molar-refractivity contribution < 1.29 is 28.4 Å². The fourth-order valence-electron chi connectivity index (χ4n) is 4.21. The van der Waals surface area contributed by atoms with E-state index in [1.807, 2.05) is 24.3 Å². The van der Waals surface area contributed by atoms with Crippen LogP contribution in [0.3, 0.4) is 0 Å². The molecule has 0 amide bonds. The second kappa shape index (κ2) is 9.60. The van der Waals surface area contributed by atoms with E-state index in [-0.39, 0.29) is 6.79 Å². The smallest absolute Gasteiger partial charge is 0.231 e. The van der Waals surface area contributed by atoms with Crippen LogP contribution in [0, 0.1) is 14.9 Å². The maximum Gasteiger partial charge on any atom is 0.231 e. The van der Waals surface area contributed by atoms with E-state index in [1.165, 1.54) is 0 Å². The van der Waals surface area contributed by atoms with E-state index in [2.05, 4.69) is 33.6 Å². The van der Waals surface area contributed by atoms with Gasteiger partial charge >= 0.3 is 0 Å². The Bertz CT molecular complexity index is 1010. The maximum absolute atomic E-state index is 10.7. The molecule has 0 bridgehead atoms. The monoisotopic (exact) mass is 552 g/mol. The third-order valence-corrected chi connectivity index (χ3v) is 6.87. The molecule has 8 nitrogen and oxygen atoms in total. The van der Waals surface area contributed by atoms with Crippen LogP contribution in [-0.2, 0) is 16.7 Å². The highest BCUT2D eigenvalue weighted by atomic mass is 127. The molecular weight excluding hydrogens is 527 g/mol. The van der Waals surface area contributed by atoms with Crippen LogP contribution in [0.15, 0.2) is 24.3 Å². The Morgan fingerprint density at radius 1 is 1.00 bits per heavy atom. The zero-order valence-corrected chi connectivity index (χ0v) is 20.4. The van der Waals surface area contributed by atoms with Gasteiger partial charge < -0.3 is 28.4 Å². The van der Waals surface area contributed by atoms with Gasteiger partial charge in [0.1, 0.15) is 5.54 Å². The topological polar surface area (TPSA) is 82.4 Å². The van der Waals surface area contributed by atoms with Gasteiger partial charge in [0.2, 0.25) is 12.5 Å². The maximum atomic E-state index is 10.7. The lowest BCUT2D eigenvalue weighted by molar-refractivity contribution is -0.00534. The summed E-state index contributed by atoms with van der Waals surface area (Å²) in [4.78, 5) is 2.16. The molecule has 0 radical (unpaired) electrons. The minimum absolute atomic E-state index is 0.203. The van der Waals surface area contributed by atoms with Gasteiger partial charge in [-0.3, -0.25) is 4.90 Å². The number of hydrogen-bond donors (Lipinski definition) is 0. The number of fused-ring (bicyclic) bond motifs is 1. The first-order valence-electron chi connectivity index (χ1n) is 10.2. The van der Waals surface area contributed by atoms with Crippen molar-refractivity contribution in [2.75, 3.05) is 54.4 Å². The highest BCUT2D eigenvalue weighted by Crippen LogP contribution is 2.45. The van der Waals surface area contributed by atoms with Crippen LogP contribution in [0.2, 0.25) is 0 Å². The third-order valence-electron chi connectivity index (χ3n) is 5.87. The number of rotatable bonds is 7. The molecule has 0 N–H and O–H groups in total. The summed E-state index contributed by atoms with van der Waals surface area (Å²) in [6.45, 7) is 2.59. The number of nitriles is 1. The van der Waals surface area contributed by atoms with Crippen molar-refractivity contribution in [1.29, 1.82) is 5.26 Å². The van der Waals surface area contributed by atoms with Crippen molar-refractivity contribution >= 4 is 22.6 Å². The van der Waals surface area contributed by atoms with Crippen molar-refractivity contribution in [3.63, 3.8) is 0 Å². The fourth-order valence-corrected chi connectivity index (χ4v) is 4.84. The molecule has 0 saturated carbocycles. The highest BCUT2D eigenvalue weighted by molar-refractivity contribution is 14.1. The van der Waals surface area contributed by atoms with Gasteiger partial charge in [-0.2, -0.15) is 5.26 Å². The fraction of sp³-hybridized carbons (Fsp3) is 0.435. The molecule has 2 aliphatic rings. The Balaban J connectivity index is 1.87. The van der Waals surface area contributed by atoms with Crippen molar-refractivity contribution in [1.82, 2.24) is 4.90 Å². The van der Waals surface area contributed by atoms with Crippen molar-refractivity contribution in [2.24, 2.45) is 0 Å². The van der Waals surface area contributed by atoms with Crippen LogP contribution < -0.4 is 23.7 Å². The van der Waals surface area contributed by atoms with Crippen LogP contribution in [0.5, 0.6) is 28.7 Å². The SMILES string of the molecule is COc1cc(C(C#N)(Cc2cc3c(cc2I)OCO3)N2CCOCC2)cc(OC)c1OC. The van der Waals surface area contributed by atoms with Crippen molar-refractivity contribution in [2.45, 2.75) is 12.0 Å². The van der Waals surface area contributed by atoms with Crippen LogP contribution in [0.4, 0.5) is 0 Å². The molecule has 1 atom stereocenters. The first-order valence-corrected chi connectivity index (χ1v) is 11.3. The first-order chi connectivity index (χ1) is 15.6. The van der Waals surface area contributed by atoms with E-state index >= 15 is 0 Å². The number of morpholine rings is 1. The summed E-state index contributed by atoms with van der Waals surface area (Å²) in [5.74, 6) is 2.93. The molecule has 2 aromatic rings. The van der Waals surface area contributed by atoms with Crippen LogP contribution in [-0.4, -0.2) is 59.3 Å². The summed E-state index contributed by atoms with van der Waals surface area (Å²) < 4.78 is 34.4. The highest BCUT2D eigenvalue weighted by Gasteiger charge is 2.42. The Morgan fingerprint density at radius 2 is 1.62 bits per heavy atom. The second-order valence-electron chi connectivity index (χ2n) is 7.46. The Labute approximate surface area is 201 Å². The predicted octanol–water partition coefficient (Wildman–Crippen LogP) is 3.34. The summed E-state index contributed by atoms with van der Waals surface area (Å²) in [5.41, 5.74) is 0.783. The molecule has 0 aromatic heterocycles. The number of ether oxygens (including phenoxy) is 6. The van der Waals surface area contributed by atoms with E-state index in [0.717, 1.165) is 20.4 Å². The Kier molecular flexibility index (Phi) is 6.83. The minimum Gasteiger partial charge on any atom is -0.493 e. The number of hydrogen-bond acceptors (Lipinski definition) is 8. The van der Waals surface area contributed by atoms with Gasteiger partial charge in [0.25, 0.3) is 0 Å². The van der Waals surface area contributed by atoms with Crippen LogP contribution in [0.25, 0.3) is 0 Å². The Hall–Kier alpha value is -2.42. The molecule has 32 heavy (non-hydrogen) atoms. The lowest BCUT2D eigenvalue weighted by atomic mass is 9.82. The largest absolute Gasteiger partial charge is 0.493 e. The number of nitrogens with zero attached hydrogens (tertiary/aromatic N) is 2. The molecule has 2 aliphatic heterocycles. The van der Waals surface area contributed by atoms with E-state index in [9.17, 15) is 5.26 Å². The standard InChI is InChI=1S/C23H25IN2O6/c1-27-20-9-16(10-21(28-2)22(20)29-3)23(13-25,26-4-6-30-7-5-26)12-15-8-18-19(11-17(15)24)32-14-31-18/h8-11H,4-7,12,14H2,1-3H3. The first kappa shape index (κ1) is 22.8. The molecule has 4 rings (SSSR count). The van der Waals surface area contributed by atoms with Gasteiger partial charge in [-0.15, -0.1) is 0 Å². The van der Waals surface area contributed by atoms with Gasteiger partial charge in [0.05, 0.1) is 40.6 Å². The number of halogens is 1. The minimum atomic E-state index is -0.982. The van der Waals surface area contributed by atoms with Gasteiger partial charge in [-0.1, -0.05) is 0 Å². The average molecular weight is 552 g/mol. The lowest BCUT2D eigenvalue weighted by Gasteiger charge is -2.41. The third kappa shape index (κ3) is 4.02. The van der Waals surface area contributed by atoms with E-state index < -0.39 is 5.54 Å². The van der Waals surface area contributed by atoms with Gasteiger partial charge in [-0.05, 0) is 58.0 Å². The molecule has 170 valence electrons. The molecular formula is C23H25IN2O6. The summed E-state index contributed by atoms with van der Waals surface area (Å²) >= 11 is 2.28. The van der Waals surface area contributed by atoms with E-state index in [1.54, 1.807) is 21.3 Å². The van der Waals surface area contributed by atoms with E-state index in [4.69, 9.17) is 28.4 Å². The van der Waals surface area contributed by atoms with Gasteiger partial charge in [0.15, 0.2) is 23.0 Å². The lowest BCUT2D eigenvalue weighted by Crippen LogP contribution is -2.52. The summed E-state index contributed by atoms with van der Waals surface area (Å²) in [6, 6.07) is 10.3. The molecule has 1 fully saturated rings. The molecule has 0 spiro atoms. The zero-order chi connectivity index (χ0) is 22.7. The summed E-state index contributed by atoms with van der Waals surface area (Å²) in [5, 5.41) is 10.7. The number of benzene rings is 2. The quantitative estimate of drug-likeness (QED) is 0.484. The Morgan fingerprint density at radius 3 is 2.19 bits per heavy atom. The van der Waals surface area contributed by atoms with Gasteiger partial charge in [0, 0.05) is 23.1 Å². The normalized spacial score (nSPS) is 17.3. The molecule has 2 heterocycles. The second-order valence-corrected chi connectivity index (χ2v) is 8.62. The zero-order valence-electron chi connectivity index (χ0n) is 18.3. The molecule has 1 saturated heterocycles. The molecule has 0 aliphatic carbocycles. The van der Waals surface area contributed by atoms with E-state index in [0.29, 0.717) is 55.7 Å². The molecule has 2 aromatic carbocycles. The molecule has 9 heteroatoms. The van der Waals surface area contributed by atoms with Gasteiger partial charge in [-0.25, -0.2) is 0 Å². The van der Waals surface area contributed by atoms with Crippen LogP contribution in [0.1, 0.15) is 11.1 Å². The number of methoxy groups -OCH3 is 3. The van der Waals surface area contributed by atoms with Crippen LogP contribution >= 0.6 is 22.6 Å².